The van der Waals surface area contributed by atoms with Gasteiger partial charge in [-0.15, -0.1) is 0 Å². The molecule has 112 valence electrons. The number of nitrogens with one attached hydrogen (secondary N) is 1. The number of amides is 1. The Bertz CT molecular complexity index is 598. The maximum atomic E-state index is 12.3. The van der Waals surface area contributed by atoms with Crippen LogP contribution in [0.5, 0.6) is 0 Å². The number of likely N-dealkylation sites (tertiary alicyclic amines) is 1. The lowest BCUT2D eigenvalue weighted by Crippen LogP contribution is -2.46. The second-order valence-corrected chi connectivity index (χ2v) is 7.54. The van der Waals surface area contributed by atoms with Gasteiger partial charge in [0.1, 0.15) is 10.6 Å². The van der Waals surface area contributed by atoms with Crippen LogP contribution < -0.4 is 0 Å². The minimum Gasteiger partial charge on any atom is -0.379 e. The van der Waals surface area contributed by atoms with Crippen LogP contribution in [-0.4, -0.2) is 50.5 Å². The van der Waals surface area contributed by atoms with Crippen LogP contribution in [0.3, 0.4) is 0 Å². The van der Waals surface area contributed by atoms with Crippen LogP contribution >= 0.6 is 10.7 Å². The Morgan fingerprint density at radius 3 is 2.80 bits per heavy atom. The van der Waals surface area contributed by atoms with Crippen molar-refractivity contribution in [2.45, 2.75) is 24.3 Å². The molecule has 0 saturated carbocycles. The quantitative estimate of drug-likeness (QED) is 0.855. The Balaban J connectivity index is 2.14. The number of H-pyrrole nitrogens is 1. The number of piperidine rings is 1. The number of aromatic amines is 1. The molecule has 0 radical (unpaired) electrons. The Hall–Kier alpha value is -1.05. The molecule has 1 N–H and O–H groups in total. The number of nitrogens with zero attached hydrogens (tertiary/aromatic N) is 1. The fraction of sp³-hybridized carbons (Fsp3) is 0.583. The number of hydrogen-bond acceptors (Lipinski definition) is 4. The average Bonchev–Trinajstić information content (AvgIpc) is 2.88. The van der Waals surface area contributed by atoms with E-state index >= 15 is 0 Å². The van der Waals surface area contributed by atoms with Crippen LogP contribution in [0.1, 0.15) is 23.8 Å². The third kappa shape index (κ3) is 3.16. The summed E-state index contributed by atoms with van der Waals surface area (Å²) in [7, 11) is 3.04. The molecule has 1 aliphatic rings. The van der Waals surface area contributed by atoms with E-state index in [1.807, 2.05) is 0 Å². The van der Waals surface area contributed by atoms with Gasteiger partial charge in [-0.1, -0.05) is 6.92 Å². The molecule has 1 aliphatic heterocycles. The van der Waals surface area contributed by atoms with Crippen molar-refractivity contribution in [1.82, 2.24) is 9.88 Å². The van der Waals surface area contributed by atoms with E-state index in [4.69, 9.17) is 15.4 Å². The van der Waals surface area contributed by atoms with Crippen molar-refractivity contribution in [2.24, 2.45) is 5.92 Å². The molecule has 2 heterocycles. The first-order chi connectivity index (χ1) is 9.32. The van der Waals surface area contributed by atoms with Crippen molar-refractivity contribution in [2.75, 3.05) is 20.2 Å². The summed E-state index contributed by atoms with van der Waals surface area (Å²) < 4.78 is 27.7. The molecule has 2 unspecified atom stereocenters. The highest BCUT2D eigenvalue weighted by Gasteiger charge is 2.30. The molecular formula is C12H17ClN2O4S. The lowest BCUT2D eigenvalue weighted by atomic mass is 9.95. The van der Waals surface area contributed by atoms with Crippen molar-refractivity contribution in [3.63, 3.8) is 0 Å². The fourth-order valence-corrected chi connectivity index (χ4v) is 3.06. The van der Waals surface area contributed by atoms with Gasteiger partial charge in [0.15, 0.2) is 0 Å². The smallest absolute Gasteiger partial charge is 0.270 e. The molecule has 8 heteroatoms. The van der Waals surface area contributed by atoms with Crippen molar-refractivity contribution in [3.05, 3.63) is 18.0 Å². The van der Waals surface area contributed by atoms with E-state index in [-0.39, 0.29) is 22.6 Å². The molecule has 1 saturated heterocycles. The Morgan fingerprint density at radius 1 is 1.55 bits per heavy atom. The second kappa shape index (κ2) is 5.75. The number of halogens is 1. The molecule has 1 fully saturated rings. The molecule has 2 atom stereocenters. The monoisotopic (exact) mass is 320 g/mol. The van der Waals surface area contributed by atoms with Gasteiger partial charge in [0.2, 0.25) is 0 Å². The van der Waals surface area contributed by atoms with Crippen LogP contribution in [0.25, 0.3) is 0 Å². The summed E-state index contributed by atoms with van der Waals surface area (Å²) in [6, 6.07) is 1.25. The average molecular weight is 321 g/mol. The second-order valence-electron chi connectivity index (χ2n) is 4.98. The molecule has 6 nitrogen and oxygen atoms in total. The maximum absolute atomic E-state index is 12.3. The highest BCUT2D eigenvalue weighted by molar-refractivity contribution is 8.13. The molecule has 20 heavy (non-hydrogen) atoms. The van der Waals surface area contributed by atoms with Gasteiger partial charge in [-0.25, -0.2) is 8.42 Å². The number of aromatic nitrogens is 1. The van der Waals surface area contributed by atoms with Gasteiger partial charge in [-0.05, 0) is 18.4 Å². The number of carbonyl (C=O) groups excluding carboxylic acids is 1. The Labute approximate surface area is 122 Å². The van der Waals surface area contributed by atoms with Gasteiger partial charge in [0.05, 0.1) is 6.10 Å². The first-order valence-electron chi connectivity index (χ1n) is 6.28. The minimum atomic E-state index is -3.82. The molecule has 0 spiro atoms. The molecular weight excluding hydrogens is 304 g/mol. The SMILES string of the molecule is COC1CN(C(=O)c2cc(S(=O)(=O)Cl)c[nH]2)CCC1C. The summed E-state index contributed by atoms with van der Waals surface area (Å²) in [5, 5.41) is 0. The molecule has 0 aliphatic carbocycles. The van der Waals surface area contributed by atoms with Crippen LogP contribution in [0.2, 0.25) is 0 Å². The van der Waals surface area contributed by atoms with E-state index in [1.165, 1.54) is 12.3 Å². The third-order valence-electron chi connectivity index (χ3n) is 3.65. The largest absolute Gasteiger partial charge is 0.379 e. The van der Waals surface area contributed by atoms with Gasteiger partial charge in [-0.2, -0.15) is 0 Å². The van der Waals surface area contributed by atoms with Gasteiger partial charge in [-0.3, -0.25) is 4.79 Å². The predicted molar refractivity (Wildman–Crippen MR) is 74.3 cm³/mol. The first-order valence-corrected chi connectivity index (χ1v) is 8.59. The molecule has 1 aromatic rings. The predicted octanol–water partition coefficient (Wildman–Crippen LogP) is 1.44. The van der Waals surface area contributed by atoms with Crippen LogP contribution in [0.4, 0.5) is 0 Å². The normalized spacial score (nSPS) is 23.9. The van der Waals surface area contributed by atoms with Crippen LogP contribution in [0.15, 0.2) is 17.2 Å². The molecule has 0 aromatic carbocycles. The minimum absolute atomic E-state index is 0.00103. The fourth-order valence-electron chi connectivity index (χ4n) is 2.33. The summed E-state index contributed by atoms with van der Waals surface area (Å²) in [6.45, 7) is 3.21. The summed E-state index contributed by atoms with van der Waals surface area (Å²) in [4.78, 5) is 16.5. The number of ether oxygens (including phenoxy) is 1. The number of carbonyl (C=O) groups is 1. The molecule has 1 amide bonds. The summed E-state index contributed by atoms with van der Waals surface area (Å²) >= 11 is 0. The van der Waals surface area contributed by atoms with E-state index in [9.17, 15) is 13.2 Å². The molecule has 1 aromatic heterocycles. The standard InChI is InChI=1S/C12H17ClN2O4S/c1-8-3-4-15(7-11(8)19-2)12(16)10-5-9(6-14-10)20(13,17)18/h5-6,8,11,14H,3-4,7H2,1-2H3. The van der Waals surface area contributed by atoms with E-state index in [0.29, 0.717) is 19.0 Å². The summed E-state index contributed by atoms with van der Waals surface area (Å²) in [5.41, 5.74) is 0.216. The van der Waals surface area contributed by atoms with Gasteiger partial charge in [0.25, 0.3) is 15.0 Å². The van der Waals surface area contributed by atoms with E-state index < -0.39 is 9.05 Å². The summed E-state index contributed by atoms with van der Waals surface area (Å²) in [6.07, 6.45) is 2.07. The van der Waals surface area contributed by atoms with Crippen LogP contribution in [0, 0.1) is 5.92 Å². The van der Waals surface area contributed by atoms with E-state index in [0.717, 1.165) is 6.42 Å². The van der Waals surface area contributed by atoms with Crippen molar-refractivity contribution >= 4 is 25.6 Å². The Morgan fingerprint density at radius 2 is 2.25 bits per heavy atom. The molecule has 0 bridgehead atoms. The zero-order valence-corrected chi connectivity index (χ0v) is 12.9. The van der Waals surface area contributed by atoms with Crippen LogP contribution in [-0.2, 0) is 13.8 Å². The van der Waals surface area contributed by atoms with Gasteiger partial charge in [0, 0.05) is 37.1 Å². The summed E-state index contributed by atoms with van der Waals surface area (Å²) in [5.74, 6) is 0.150. The van der Waals surface area contributed by atoms with E-state index in [1.54, 1.807) is 12.0 Å². The Kier molecular flexibility index (Phi) is 4.41. The van der Waals surface area contributed by atoms with Crippen molar-refractivity contribution in [1.29, 1.82) is 0 Å². The van der Waals surface area contributed by atoms with Gasteiger partial charge >= 0.3 is 0 Å². The topological polar surface area (TPSA) is 79.5 Å². The number of hydrogen-bond donors (Lipinski definition) is 1. The molecule has 2 rings (SSSR count). The van der Waals surface area contributed by atoms with Crippen molar-refractivity contribution in [3.8, 4) is 0 Å². The lowest BCUT2D eigenvalue weighted by Gasteiger charge is -2.36. The van der Waals surface area contributed by atoms with E-state index in [2.05, 4.69) is 11.9 Å². The highest BCUT2D eigenvalue weighted by atomic mass is 35.7. The highest BCUT2D eigenvalue weighted by Crippen LogP contribution is 2.22. The third-order valence-corrected chi connectivity index (χ3v) is 4.98. The van der Waals surface area contributed by atoms with Gasteiger partial charge < -0.3 is 14.6 Å². The number of methoxy groups -OCH3 is 1. The number of rotatable bonds is 3. The first kappa shape index (κ1) is 15.3. The zero-order valence-electron chi connectivity index (χ0n) is 11.3. The van der Waals surface area contributed by atoms with Crippen molar-refractivity contribution < 1.29 is 17.9 Å². The maximum Gasteiger partial charge on any atom is 0.270 e. The zero-order chi connectivity index (χ0) is 14.9. The lowest BCUT2D eigenvalue weighted by molar-refractivity contribution is -0.00175.